The fourth-order valence-electron chi connectivity index (χ4n) is 1.72. The first-order valence-corrected chi connectivity index (χ1v) is 7.59. The van der Waals surface area contributed by atoms with Gasteiger partial charge in [0.25, 0.3) is 0 Å². The molecular formula is C16H27N3O4. The van der Waals surface area contributed by atoms with E-state index in [1.165, 1.54) is 0 Å². The maximum Gasteiger partial charge on any atom is 0.320 e. The van der Waals surface area contributed by atoms with Crippen molar-refractivity contribution in [1.29, 1.82) is 0 Å². The van der Waals surface area contributed by atoms with Gasteiger partial charge in [0.05, 0.1) is 0 Å². The van der Waals surface area contributed by atoms with Gasteiger partial charge in [-0.2, -0.15) is 0 Å². The van der Waals surface area contributed by atoms with E-state index in [-0.39, 0.29) is 0 Å². The van der Waals surface area contributed by atoms with Crippen molar-refractivity contribution in [3.63, 3.8) is 0 Å². The zero-order valence-electron chi connectivity index (χ0n) is 13.2. The molecule has 130 valence electrons. The van der Waals surface area contributed by atoms with E-state index in [1.807, 2.05) is 30.3 Å². The summed E-state index contributed by atoms with van der Waals surface area (Å²) in [5, 5.41) is 16.9. The summed E-state index contributed by atoms with van der Waals surface area (Å²) in [4.78, 5) is 20.5. The number of hydrogen-bond acceptors (Lipinski definition) is 5. The van der Waals surface area contributed by atoms with E-state index >= 15 is 0 Å². The summed E-state index contributed by atoms with van der Waals surface area (Å²) in [6.45, 7) is 0.604. The highest BCUT2D eigenvalue weighted by atomic mass is 16.4. The van der Waals surface area contributed by atoms with Crippen LogP contribution in [0.4, 0.5) is 0 Å². The van der Waals surface area contributed by atoms with E-state index < -0.39 is 24.0 Å². The third-order valence-corrected chi connectivity index (χ3v) is 3.19. The Hall–Kier alpha value is -1.96. The largest absolute Gasteiger partial charge is 0.480 e. The number of carboxylic acids is 2. The predicted octanol–water partition coefficient (Wildman–Crippen LogP) is 0.558. The lowest BCUT2D eigenvalue weighted by atomic mass is 10.1. The molecule has 8 N–H and O–H groups in total. The summed E-state index contributed by atoms with van der Waals surface area (Å²) in [5.74, 6) is -1.87. The molecule has 1 rings (SSSR count). The summed E-state index contributed by atoms with van der Waals surface area (Å²) in [6.07, 6.45) is 3.37. The van der Waals surface area contributed by atoms with Crippen LogP contribution in [0.25, 0.3) is 0 Å². The number of aliphatic carboxylic acids is 2. The Kier molecular flexibility index (Phi) is 11.5. The monoisotopic (exact) mass is 325 g/mol. The van der Waals surface area contributed by atoms with Crippen molar-refractivity contribution >= 4 is 11.9 Å². The molecule has 0 radical (unpaired) electrons. The van der Waals surface area contributed by atoms with Crippen LogP contribution >= 0.6 is 0 Å². The molecule has 0 heterocycles. The van der Waals surface area contributed by atoms with Crippen molar-refractivity contribution < 1.29 is 19.8 Å². The van der Waals surface area contributed by atoms with Crippen LogP contribution in [0.2, 0.25) is 0 Å². The third kappa shape index (κ3) is 11.3. The Bertz CT molecular complexity index is 454. The van der Waals surface area contributed by atoms with Gasteiger partial charge < -0.3 is 27.4 Å². The fourth-order valence-corrected chi connectivity index (χ4v) is 1.72. The smallest absolute Gasteiger partial charge is 0.320 e. The maximum absolute atomic E-state index is 10.4. The van der Waals surface area contributed by atoms with Gasteiger partial charge in [-0.1, -0.05) is 36.8 Å². The van der Waals surface area contributed by atoms with Gasteiger partial charge in [-0.15, -0.1) is 0 Å². The Labute approximate surface area is 136 Å². The van der Waals surface area contributed by atoms with E-state index in [4.69, 9.17) is 27.4 Å². The SMILES string of the molecule is NCCCC[C@H](N)C(=O)O.N[C@@H](CCc1ccccc1)C(=O)O. The molecule has 0 aromatic heterocycles. The minimum Gasteiger partial charge on any atom is -0.480 e. The van der Waals surface area contributed by atoms with Gasteiger partial charge in [-0.05, 0) is 37.8 Å². The molecule has 0 unspecified atom stereocenters. The van der Waals surface area contributed by atoms with Crippen LogP contribution in [0.15, 0.2) is 30.3 Å². The van der Waals surface area contributed by atoms with Gasteiger partial charge in [0.15, 0.2) is 0 Å². The maximum atomic E-state index is 10.4. The second-order valence-electron chi connectivity index (χ2n) is 5.20. The van der Waals surface area contributed by atoms with Gasteiger partial charge in [-0.25, -0.2) is 0 Å². The minimum atomic E-state index is -0.934. The Balaban J connectivity index is 0.000000438. The second kappa shape index (κ2) is 12.6. The molecule has 2 atom stereocenters. The average molecular weight is 325 g/mol. The lowest BCUT2D eigenvalue weighted by Gasteiger charge is -2.05. The highest BCUT2D eigenvalue weighted by Crippen LogP contribution is 2.03. The molecular weight excluding hydrogens is 298 g/mol. The van der Waals surface area contributed by atoms with E-state index in [2.05, 4.69) is 0 Å². The minimum absolute atomic E-state index is 0.485. The number of nitrogens with two attached hydrogens (primary N) is 3. The molecule has 0 aliphatic carbocycles. The van der Waals surface area contributed by atoms with Gasteiger partial charge in [-0.3, -0.25) is 9.59 Å². The standard InChI is InChI=1S/C10H13NO2.C6H14N2O2/c11-9(10(12)13)7-6-8-4-2-1-3-5-8;7-4-2-1-3-5(8)6(9)10/h1-5,9H,6-7,11H2,(H,12,13);5H,1-4,7-8H2,(H,9,10)/t9-;5-/m00/s1. The number of aryl methyl sites for hydroxylation is 1. The molecule has 0 aliphatic heterocycles. The van der Waals surface area contributed by atoms with Crippen molar-refractivity contribution in [3.8, 4) is 0 Å². The van der Waals surface area contributed by atoms with E-state index in [0.29, 0.717) is 25.8 Å². The third-order valence-electron chi connectivity index (χ3n) is 3.19. The highest BCUT2D eigenvalue weighted by molar-refractivity contribution is 5.73. The molecule has 0 fully saturated rings. The molecule has 1 aromatic carbocycles. The molecule has 7 heteroatoms. The van der Waals surface area contributed by atoms with E-state index in [0.717, 1.165) is 18.4 Å². The zero-order valence-corrected chi connectivity index (χ0v) is 13.2. The number of benzene rings is 1. The summed E-state index contributed by atoms with van der Waals surface area (Å²) in [5.41, 5.74) is 16.9. The van der Waals surface area contributed by atoms with Crippen LogP contribution in [0.1, 0.15) is 31.2 Å². The summed E-state index contributed by atoms with van der Waals surface area (Å²) in [7, 11) is 0. The summed E-state index contributed by atoms with van der Waals surface area (Å²) in [6, 6.07) is 8.26. The Morgan fingerprint density at radius 3 is 1.91 bits per heavy atom. The first-order chi connectivity index (χ1) is 10.9. The van der Waals surface area contributed by atoms with E-state index in [9.17, 15) is 9.59 Å². The lowest BCUT2D eigenvalue weighted by Crippen LogP contribution is -2.30. The Morgan fingerprint density at radius 2 is 1.43 bits per heavy atom. The fraction of sp³-hybridized carbons (Fsp3) is 0.500. The van der Waals surface area contributed by atoms with Gasteiger partial charge in [0, 0.05) is 0 Å². The van der Waals surface area contributed by atoms with Crippen LogP contribution in [0, 0.1) is 0 Å². The zero-order chi connectivity index (χ0) is 17.7. The van der Waals surface area contributed by atoms with Crippen molar-refractivity contribution in [2.24, 2.45) is 17.2 Å². The number of hydrogen-bond donors (Lipinski definition) is 5. The van der Waals surface area contributed by atoms with Crippen molar-refractivity contribution in [3.05, 3.63) is 35.9 Å². The topological polar surface area (TPSA) is 153 Å². The number of rotatable bonds is 9. The van der Waals surface area contributed by atoms with Crippen LogP contribution in [0.3, 0.4) is 0 Å². The molecule has 0 spiro atoms. The summed E-state index contributed by atoms with van der Waals surface area (Å²) >= 11 is 0. The molecule has 1 aromatic rings. The number of carbonyl (C=O) groups is 2. The van der Waals surface area contributed by atoms with Crippen LogP contribution in [0.5, 0.6) is 0 Å². The molecule has 23 heavy (non-hydrogen) atoms. The predicted molar refractivity (Wildman–Crippen MR) is 88.9 cm³/mol. The van der Waals surface area contributed by atoms with E-state index in [1.54, 1.807) is 0 Å². The molecule has 7 nitrogen and oxygen atoms in total. The van der Waals surface area contributed by atoms with Gasteiger partial charge in [0.2, 0.25) is 0 Å². The van der Waals surface area contributed by atoms with Crippen molar-refractivity contribution in [2.45, 2.75) is 44.2 Å². The lowest BCUT2D eigenvalue weighted by molar-refractivity contribution is -0.139. The molecule has 0 saturated heterocycles. The quantitative estimate of drug-likeness (QED) is 0.416. The van der Waals surface area contributed by atoms with Crippen LogP contribution in [-0.2, 0) is 16.0 Å². The number of unbranched alkanes of at least 4 members (excludes halogenated alkanes) is 1. The second-order valence-corrected chi connectivity index (χ2v) is 5.20. The van der Waals surface area contributed by atoms with Crippen molar-refractivity contribution in [2.75, 3.05) is 6.54 Å². The first kappa shape index (κ1) is 21.0. The summed E-state index contributed by atoms with van der Waals surface area (Å²) < 4.78 is 0. The molecule has 0 bridgehead atoms. The Morgan fingerprint density at radius 1 is 0.913 bits per heavy atom. The molecule has 0 amide bonds. The number of carboxylic acid groups (broad SMARTS) is 2. The van der Waals surface area contributed by atoms with Gasteiger partial charge in [0.1, 0.15) is 12.1 Å². The first-order valence-electron chi connectivity index (χ1n) is 7.59. The van der Waals surface area contributed by atoms with Crippen LogP contribution < -0.4 is 17.2 Å². The highest BCUT2D eigenvalue weighted by Gasteiger charge is 2.10. The van der Waals surface area contributed by atoms with Gasteiger partial charge >= 0.3 is 11.9 Å². The van der Waals surface area contributed by atoms with Crippen molar-refractivity contribution in [1.82, 2.24) is 0 Å². The normalized spacial score (nSPS) is 12.7. The molecule has 0 saturated carbocycles. The average Bonchev–Trinajstić information content (AvgIpc) is 2.54. The van der Waals surface area contributed by atoms with Crippen LogP contribution in [-0.4, -0.2) is 40.8 Å². The molecule has 0 aliphatic rings.